The van der Waals surface area contributed by atoms with Crippen LogP contribution in [0.5, 0.6) is 11.5 Å². The number of ether oxygens (including phenoxy) is 2. The van der Waals surface area contributed by atoms with E-state index >= 15 is 0 Å². The summed E-state index contributed by atoms with van der Waals surface area (Å²) in [7, 11) is 1.51. The number of hydrogen-bond acceptors (Lipinski definition) is 9. The van der Waals surface area contributed by atoms with Crippen LogP contribution in [0.2, 0.25) is 0 Å². The standard InChI is InChI=1S/C31H30N2O7S/c1-5-6-9-14-39-22-13-12-20(16-23(22)38-4)26-25(27(35)24-15-19-10-7-8-11-21(19)40-24)28(36)30(37)33(26)31-32-17(2)29(41-31)18(3)34/h7-8,10-13,15-16,26,36H,5-6,9,14H2,1-4H3/t26-/m0/s1. The molecule has 2 aromatic heterocycles. The fourth-order valence-corrected chi connectivity index (χ4v) is 5.88. The molecular formula is C31H30N2O7S. The van der Waals surface area contributed by atoms with E-state index in [1.54, 1.807) is 49.4 Å². The van der Waals surface area contributed by atoms with Crippen molar-refractivity contribution < 1.29 is 33.4 Å². The van der Waals surface area contributed by atoms with Gasteiger partial charge in [-0.1, -0.05) is 55.4 Å². The molecule has 10 heteroatoms. The lowest BCUT2D eigenvalue weighted by molar-refractivity contribution is -0.117. The highest BCUT2D eigenvalue weighted by Crippen LogP contribution is 2.45. The zero-order chi connectivity index (χ0) is 29.3. The molecule has 0 bridgehead atoms. The van der Waals surface area contributed by atoms with Crippen molar-refractivity contribution in [2.45, 2.75) is 46.1 Å². The maximum absolute atomic E-state index is 13.9. The predicted molar refractivity (Wildman–Crippen MR) is 155 cm³/mol. The van der Waals surface area contributed by atoms with Crippen molar-refractivity contribution in [3.63, 3.8) is 0 Å². The number of aromatic nitrogens is 1. The average molecular weight is 575 g/mol. The van der Waals surface area contributed by atoms with Gasteiger partial charge in [0.15, 0.2) is 33.9 Å². The number of aryl methyl sites for hydroxylation is 1. The molecule has 0 saturated carbocycles. The van der Waals surface area contributed by atoms with Crippen molar-refractivity contribution in [3.8, 4) is 11.5 Å². The molecule has 4 aromatic rings. The van der Waals surface area contributed by atoms with Gasteiger partial charge in [-0.3, -0.25) is 19.3 Å². The van der Waals surface area contributed by atoms with E-state index in [9.17, 15) is 19.5 Å². The summed E-state index contributed by atoms with van der Waals surface area (Å²) in [6.07, 6.45) is 2.98. The molecule has 0 saturated heterocycles. The first-order valence-electron chi connectivity index (χ1n) is 13.3. The van der Waals surface area contributed by atoms with Crippen LogP contribution in [-0.4, -0.2) is 41.3 Å². The van der Waals surface area contributed by atoms with Crippen LogP contribution in [0.15, 0.2) is 64.3 Å². The highest BCUT2D eigenvalue weighted by Gasteiger charge is 2.47. The number of Topliss-reactive ketones (excluding diaryl/α,β-unsaturated/α-hetero) is 2. The lowest BCUT2D eigenvalue weighted by Crippen LogP contribution is -2.31. The molecule has 41 heavy (non-hydrogen) atoms. The summed E-state index contributed by atoms with van der Waals surface area (Å²) in [5.41, 5.74) is 1.28. The molecule has 1 aliphatic heterocycles. The summed E-state index contributed by atoms with van der Waals surface area (Å²) in [5.74, 6) is -1.45. The third-order valence-electron chi connectivity index (χ3n) is 6.92. The van der Waals surface area contributed by atoms with Crippen molar-refractivity contribution in [1.29, 1.82) is 0 Å². The number of aliphatic hydroxyl groups excluding tert-OH is 1. The first kappa shape index (κ1) is 28.1. The topological polar surface area (TPSA) is 119 Å². The summed E-state index contributed by atoms with van der Waals surface area (Å²) in [6, 6.07) is 12.8. The molecule has 3 heterocycles. The van der Waals surface area contributed by atoms with Crippen molar-refractivity contribution in [2.75, 3.05) is 18.6 Å². The van der Waals surface area contributed by atoms with Crippen molar-refractivity contribution in [3.05, 3.63) is 81.8 Å². The number of fused-ring (bicyclic) bond motifs is 1. The van der Waals surface area contributed by atoms with Gasteiger partial charge in [0.2, 0.25) is 5.78 Å². The van der Waals surface area contributed by atoms with Crippen molar-refractivity contribution >= 4 is 44.9 Å². The highest BCUT2D eigenvalue weighted by atomic mass is 32.1. The Labute approximate surface area is 241 Å². The van der Waals surface area contributed by atoms with E-state index < -0.39 is 23.5 Å². The van der Waals surface area contributed by atoms with Gasteiger partial charge in [-0.15, -0.1) is 0 Å². The number of carbonyl (C=O) groups excluding carboxylic acids is 3. The first-order valence-corrected chi connectivity index (χ1v) is 14.2. The number of aliphatic hydroxyl groups is 1. The van der Waals surface area contributed by atoms with E-state index in [0.717, 1.165) is 30.6 Å². The Morgan fingerprint density at radius 1 is 1.12 bits per heavy atom. The van der Waals surface area contributed by atoms with Crippen LogP contribution in [0.4, 0.5) is 5.13 Å². The molecule has 0 fully saturated rings. The summed E-state index contributed by atoms with van der Waals surface area (Å²) >= 11 is 1.03. The molecule has 0 radical (unpaired) electrons. The third-order valence-corrected chi connectivity index (χ3v) is 8.18. The molecule has 5 rings (SSSR count). The SMILES string of the molecule is CCCCCOc1ccc([C@H]2C(C(=O)c3cc4ccccc4o3)=C(O)C(=O)N2c2nc(C)c(C(C)=O)s2)cc1OC. The number of methoxy groups -OCH3 is 1. The molecule has 0 aliphatic carbocycles. The number of rotatable bonds is 11. The minimum atomic E-state index is -1.07. The third kappa shape index (κ3) is 5.22. The minimum absolute atomic E-state index is 0.0185. The number of nitrogens with zero attached hydrogens (tertiary/aromatic N) is 2. The maximum atomic E-state index is 13.9. The number of amides is 1. The van der Waals surface area contributed by atoms with Gasteiger partial charge in [0.05, 0.1) is 35.9 Å². The fourth-order valence-electron chi connectivity index (χ4n) is 4.90. The Morgan fingerprint density at radius 2 is 1.90 bits per heavy atom. The number of unbranched alkanes of at least 4 members (excludes halogenated alkanes) is 2. The summed E-state index contributed by atoms with van der Waals surface area (Å²) in [4.78, 5) is 45.8. The van der Waals surface area contributed by atoms with Crippen LogP contribution in [0.3, 0.4) is 0 Å². The molecule has 0 unspecified atom stereocenters. The Bertz CT molecular complexity index is 1650. The number of ketones is 2. The molecule has 2 aromatic carbocycles. The lowest BCUT2D eigenvalue weighted by atomic mass is 9.95. The van der Waals surface area contributed by atoms with Gasteiger partial charge in [-0.05, 0) is 43.2 Å². The van der Waals surface area contributed by atoms with Crippen molar-refractivity contribution in [2.24, 2.45) is 0 Å². The Balaban J connectivity index is 1.61. The number of furan rings is 1. The molecule has 0 spiro atoms. The fraction of sp³-hybridized carbons (Fsp3) is 0.290. The number of carbonyl (C=O) groups is 3. The molecule has 212 valence electrons. The lowest BCUT2D eigenvalue weighted by Gasteiger charge is -2.25. The van der Waals surface area contributed by atoms with E-state index in [0.29, 0.717) is 45.2 Å². The monoisotopic (exact) mass is 574 g/mol. The van der Waals surface area contributed by atoms with E-state index in [-0.39, 0.29) is 22.2 Å². The number of benzene rings is 2. The smallest absolute Gasteiger partial charge is 0.296 e. The zero-order valence-electron chi connectivity index (χ0n) is 23.2. The van der Waals surface area contributed by atoms with E-state index in [2.05, 4.69) is 11.9 Å². The van der Waals surface area contributed by atoms with Gasteiger partial charge in [-0.2, -0.15) is 0 Å². The Kier molecular flexibility index (Phi) is 7.94. The average Bonchev–Trinajstić information content (AvgIpc) is 3.64. The second-order valence-electron chi connectivity index (χ2n) is 9.75. The van der Waals surface area contributed by atoms with E-state index in [4.69, 9.17) is 13.9 Å². The molecular weight excluding hydrogens is 544 g/mol. The Morgan fingerprint density at radius 3 is 2.59 bits per heavy atom. The summed E-state index contributed by atoms with van der Waals surface area (Å²) < 4.78 is 17.3. The van der Waals surface area contributed by atoms with Gasteiger partial charge >= 0.3 is 0 Å². The second kappa shape index (κ2) is 11.6. The number of hydrogen-bond donors (Lipinski definition) is 1. The van der Waals surface area contributed by atoms with Crippen LogP contribution in [0, 0.1) is 6.92 Å². The Hall–Kier alpha value is -4.44. The first-order chi connectivity index (χ1) is 19.7. The van der Waals surface area contributed by atoms with E-state index in [1.807, 2.05) is 6.07 Å². The zero-order valence-corrected chi connectivity index (χ0v) is 24.0. The predicted octanol–water partition coefficient (Wildman–Crippen LogP) is 6.76. The van der Waals surface area contributed by atoms with Gasteiger partial charge in [-0.25, -0.2) is 4.98 Å². The molecule has 1 aliphatic rings. The summed E-state index contributed by atoms with van der Waals surface area (Å²) in [6.45, 7) is 5.72. The van der Waals surface area contributed by atoms with E-state index in [1.165, 1.54) is 18.9 Å². The van der Waals surface area contributed by atoms with Gasteiger partial charge in [0.1, 0.15) is 5.58 Å². The van der Waals surface area contributed by atoms with Gasteiger partial charge in [0, 0.05) is 12.3 Å². The second-order valence-corrected chi connectivity index (χ2v) is 10.7. The minimum Gasteiger partial charge on any atom is -0.503 e. The largest absolute Gasteiger partial charge is 0.503 e. The summed E-state index contributed by atoms with van der Waals surface area (Å²) in [5, 5.41) is 12.0. The molecule has 1 atom stereocenters. The number of thiazole rings is 1. The normalized spacial score (nSPS) is 15.2. The van der Waals surface area contributed by atoms with Crippen LogP contribution in [0.25, 0.3) is 11.0 Å². The van der Waals surface area contributed by atoms with Crippen LogP contribution in [0.1, 0.15) is 70.6 Å². The quantitative estimate of drug-likeness (QED) is 0.154. The van der Waals surface area contributed by atoms with Crippen LogP contribution >= 0.6 is 11.3 Å². The molecule has 9 nitrogen and oxygen atoms in total. The van der Waals surface area contributed by atoms with Gasteiger partial charge in [0.25, 0.3) is 5.91 Å². The highest BCUT2D eigenvalue weighted by molar-refractivity contribution is 7.17. The van der Waals surface area contributed by atoms with Crippen LogP contribution in [-0.2, 0) is 4.79 Å². The van der Waals surface area contributed by atoms with Crippen molar-refractivity contribution in [1.82, 2.24) is 4.98 Å². The van der Waals surface area contributed by atoms with Gasteiger partial charge < -0.3 is 19.0 Å². The van der Waals surface area contributed by atoms with Crippen LogP contribution < -0.4 is 14.4 Å². The number of anilines is 1. The molecule has 1 N–H and O–H groups in total. The number of para-hydroxylation sites is 1. The maximum Gasteiger partial charge on any atom is 0.296 e. The molecule has 1 amide bonds.